The van der Waals surface area contributed by atoms with Crippen molar-refractivity contribution in [3.8, 4) is 17.3 Å². The van der Waals surface area contributed by atoms with Gasteiger partial charge in [0.25, 0.3) is 5.91 Å². The zero-order valence-electron chi connectivity index (χ0n) is 21.3. The maximum Gasteiger partial charge on any atom is 0.257 e. The molecule has 38 heavy (non-hydrogen) atoms. The first kappa shape index (κ1) is 24.9. The number of carbonyl (C=O) groups is 1. The maximum absolute atomic E-state index is 13.7. The van der Waals surface area contributed by atoms with Gasteiger partial charge >= 0.3 is 0 Å². The Hall–Kier alpha value is -4.74. The van der Waals surface area contributed by atoms with Crippen LogP contribution in [0.3, 0.4) is 0 Å². The number of methoxy groups -OCH3 is 1. The number of benzene rings is 3. The second-order valence-electron chi connectivity index (χ2n) is 9.15. The van der Waals surface area contributed by atoms with Gasteiger partial charge in [0.05, 0.1) is 48.1 Å². The fourth-order valence-electron chi connectivity index (χ4n) is 4.61. The number of imidazole rings is 1. The van der Waals surface area contributed by atoms with Gasteiger partial charge in [0.1, 0.15) is 5.69 Å². The molecule has 1 N–H and O–H groups in total. The lowest BCUT2D eigenvalue weighted by Crippen LogP contribution is -2.30. The number of hydrogen-bond donors (Lipinski definition) is 1. The number of hydrogen-bond acceptors (Lipinski definition) is 5. The Morgan fingerprint density at radius 3 is 2.66 bits per heavy atom. The van der Waals surface area contributed by atoms with Crippen molar-refractivity contribution in [2.75, 3.05) is 27.3 Å². The molecule has 8 nitrogen and oxygen atoms in total. The molecule has 1 atom stereocenters. The number of nitrogens with zero attached hydrogens (tertiary/aromatic N) is 5. The number of H-pyrrole nitrogens is 1. The summed E-state index contributed by atoms with van der Waals surface area (Å²) in [4.78, 5) is 22.8. The third-order valence-corrected chi connectivity index (χ3v) is 6.69. The van der Waals surface area contributed by atoms with E-state index in [2.05, 4.69) is 34.2 Å². The second-order valence-corrected chi connectivity index (χ2v) is 9.15. The monoisotopic (exact) mass is 504 g/mol. The fourth-order valence-corrected chi connectivity index (χ4v) is 4.61. The molecule has 0 spiro atoms. The van der Waals surface area contributed by atoms with Crippen molar-refractivity contribution >= 4 is 16.7 Å². The van der Waals surface area contributed by atoms with Crippen LogP contribution in [0, 0.1) is 11.3 Å². The number of aromatic nitrogens is 4. The summed E-state index contributed by atoms with van der Waals surface area (Å²) in [6, 6.07) is 23.6. The van der Waals surface area contributed by atoms with Crippen LogP contribution in [0.15, 0.2) is 85.5 Å². The third-order valence-electron chi connectivity index (χ3n) is 6.69. The molecule has 0 radical (unpaired) electrons. The Balaban J connectivity index is 1.63. The van der Waals surface area contributed by atoms with Crippen molar-refractivity contribution in [1.29, 1.82) is 5.26 Å². The highest BCUT2D eigenvalue weighted by atomic mass is 16.5. The van der Waals surface area contributed by atoms with Gasteiger partial charge in [-0.1, -0.05) is 54.6 Å². The minimum atomic E-state index is -0.245. The van der Waals surface area contributed by atoms with Crippen LogP contribution in [0.5, 0.6) is 0 Å². The quantitative estimate of drug-likeness (QED) is 0.309. The molecule has 5 rings (SSSR count). The molecule has 0 aliphatic heterocycles. The number of likely N-dealkylation sites (N-methyl/N-ethyl adjacent to an activating group) is 1. The Morgan fingerprint density at radius 1 is 1.13 bits per heavy atom. The summed E-state index contributed by atoms with van der Waals surface area (Å²) < 4.78 is 7.05. The van der Waals surface area contributed by atoms with Crippen molar-refractivity contribution in [3.05, 3.63) is 108 Å². The highest BCUT2D eigenvalue weighted by molar-refractivity contribution is 6.04. The van der Waals surface area contributed by atoms with Gasteiger partial charge in [-0.25, -0.2) is 4.98 Å². The number of nitrogens with one attached hydrogen (secondary N) is 1. The Kier molecular flexibility index (Phi) is 7.29. The van der Waals surface area contributed by atoms with Crippen molar-refractivity contribution in [2.24, 2.45) is 0 Å². The SMILES string of the molecule is COCCN(C)C(=O)c1cn(C(Cc2ccc(C#N)cc2)c2cnc[nH]2)nc1-c1cccc2ccccc12. The molecule has 5 aromatic rings. The third kappa shape index (κ3) is 5.05. The largest absolute Gasteiger partial charge is 0.383 e. The topological polar surface area (TPSA) is 99.8 Å². The van der Waals surface area contributed by atoms with E-state index in [9.17, 15) is 10.1 Å². The van der Waals surface area contributed by atoms with Crippen molar-refractivity contribution in [3.63, 3.8) is 0 Å². The van der Waals surface area contributed by atoms with E-state index >= 15 is 0 Å². The summed E-state index contributed by atoms with van der Waals surface area (Å²) in [7, 11) is 3.39. The zero-order valence-corrected chi connectivity index (χ0v) is 21.3. The molecule has 0 aliphatic rings. The predicted molar refractivity (Wildman–Crippen MR) is 146 cm³/mol. The van der Waals surface area contributed by atoms with Gasteiger partial charge < -0.3 is 14.6 Å². The molecule has 2 heterocycles. The first-order valence-corrected chi connectivity index (χ1v) is 12.4. The molecule has 2 aromatic heterocycles. The van der Waals surface area contributed by atoms with Crippen molar-refractivity contribution in [1.82, 2.24) is 24.6 Å². The van der Waals surface area contributed by atoms with Gasteiger partial charge in [-0.15, -0.1) is 0 Å². The molecular formula is C30H28N6O2. The smallest absolute Gasteiger partial charge is 0.257 e. The summed E-state index contributed by atoms with van der Waals surface area (Å²) in [5.41, 5.74) is 4.55. The number of rotatable bonds is 9. The molecular weight excluding hydrogens is 476 g/mol. The van der Waals surface area contributed by atoms with E-state index in [-0.39, 0.29) is 11.9 Å². The first-order chi connectivity index (χ1) is 18.6. The molecule has 0 fully saturated rings. The standard InChI is InChI=1S/C30H28N6O2/c1-35(14-15-38-2)30(37)26-19-36(34-29(26)25-9-5-7-23-6-3-4-8-24(23)25)28(27-18-32-20-33-27)16-21-10-12-22(17-31)13-11-21/h3-13,18-20,28H,14-16H2,1-2H3,(H,32,33). The number of carbonyl (C=O) groups excluding carboxylic acids is 1. The number of fused-ring (bicyclic) bond motifs is 1. The van der Waals surface area contributed by atoms with Gasteiger partial charge in [-0.2, -0.15) is 10.4 Å². The molecule has 1 amide bonds. The number of amides is 1. The van der Waals surface area contributed by atoms with Gasteiger partial charge in [-0.3, -0.25) is 9.48 Å². The van der Waals surface area contributed by atoms with Gasteiger partial charge in [0.15, 0.2) is 0 Å². The molecule has 0 bridgehead atoms. The number of aromatic amines is 1. The average Bonchev–Trinajstić information content (AvgIpc) is 3.65. The summed E-state index contributed by atoms with van der Waals surface area (Å²) in [5, 5.41) is 16.3. The highest BCUT2D eigenvalue weighted by Gasteiger charge is 2.26. The summed E-state index contributed by atoms with van der Waals surface area (Å²) >= 11 is 0. The Labute approximate surface area is 221 Å². The molecule has 0 aliphatic carbocycles. The molecule has 190 valence electrons. The van der Waals surface area contributed by atoms with Gasteiger partial charge in [0, 0.05) is 38.9 Å². The lowest BCUT2D eigenvalue weighted by Gasteiger charge is -2.17. The van der Waals surface area contributed by atoms with Crippen LogP contribution in [-0.2, 0) is 11.2 Å². The van der Waals surface area contributed by atoms with E-state index in [1.165, 1.54) is 0 Å². The molecule has 1 unspecified atom stereocenters. The molecule has 0 saturated carbocycles. The minimum Gasteiger partial charge on any atom is -0.383 e. The van der Waals surface area contributed by atoms with E-state index in [0.717, 1.165) is 27.6 Å². The number of ether oxygens (including phenoxy) is 1. The lowest BCUT2D eigenvalue weighted by atomic mass is 9.99. The lowest BCUT2D eigenvalue weighted by molar-refractivity contribution is 0.0745. The predicted octanol–water partition coefficient (Wildman–Crippen LogP) is 4.85. The molecule has 3 aromatic carbocycles. The van der Waals surface area contributed by atoms with Crippen LogP contribution < -0.4 is 0 Å². The minimum absolute atomic E-state index is 0.127. The summed E-state index contributed by atoms with van der Waals surface area (Å²) in [5.74, 6) is -0.127. The van der Waals surface area contributed by atoms with Gasteiger partial charge in [-0.05, 0) is 28.5 Å². The molecule has 8 heteroatoms. The van der Waals surface area contributed by atoms with Crippen molar-refractivity contribution in [2.45, 2.75) is 12.5 Å². The van der Waals surface area contributed by atoms with Crippen LogP contribution in [0.25, 0.3) is 22.0 Å². The fraction of sp³-hybridized carbons (Fsp3) is 0.200. The van der Waals surface area contributed by atoms with Crippen LogP contribution in [0.2, 0.25) is 0 Å². The van der Waals surface area contributed by atoms with E-state index in [0.29, 0.717) is 36.4 Å². The van der Waals surface area contributed by atoms with Crippen LogP contribution in [-0.4, -0.2) is 57.9 Å². The van der Waals surface area contributed by atoms with E-state index in [1.807, 2.05) is 59.4 Å². The molecule has 0 saturated heterocycles. The first-order valence-electron chi connectivity index (χ1n) is 12.4. The van der Waals surface area contributed by atoms with E-state index in [4.69, 9.17) is 9.84 Å². The number of nitriles is 1. The highest BCUT2D eigenvalue weighted by Crippen LogP contribution is 2.32. The van der Waals surface area contributed by atoms with E-state index < -0.39 is 0 Å². The van der Waals surface area contributed by atoms with Gasteiger partial charge in [0.2, 0.25) is 0 Å². The Bertz CT molecular complexity index is 1580. The zero-order chi connectivity index (χ0) is 26.5. The van der Waals surface area contributed by atoms with Crippen LogP contribution >= 0.6 is 0 Å². The van der Waals surface area contributed by atoms with E-state index in [1.54, 1.807) is 31.6 Å². The maximum atomic E-state index is 13.7. The summed E-state index contributed by atoms with van der Waals surface area (Å²) in [6.07, 6.45) is 5.84. The average molecular weight is 505 g/mol. The van der Waals surface area contributed by atoms with Crippen LogP contribution in [0.4, 0.5) is 0 Å². The normalized spacial score (nSPS) is 11.8. The van der Waals surface area contributed by atoms with Crippen molar-refractivity contribution < 1.29 is 9.53 Å². The second kappa shape index (κ2) is 11.1. The van der Waals surface area contributed by atoms with Crippen LogP contribution in [0.1, 0.15) is 33.2 Å². The Morgan fingerprint density at radius 2 is 1.92 bits per heavy atom. The summed E-state index contributed by atoms with van der Waals surface area (Å²) in [6.45, 7) is 0.903.